The van der Waals surface area contributed by atoms with Gasteiger partial charge in [-0.3, -0.25) is 15.0 Å². The van der Waals surface area contributed by atoms with Gasteiger partial charge in [0.15, 0.2) is 0 Å². The van der Waals surface area contributed by atoms with E-state index in [2.05, 4.69) is 15.0 Å². The maximum atomic E-state index is 14.6. The Labute approximate surface area is 139 Å². The standard InChI is InChI=1S/C16H13BFN3.Cu/c1-12-6-4-9-15(20-12)17(18)16-10-5-8-14(21-16)13-7-2-3-11-19-13;/h2-11H,1H3;. The SMILES string of the molecule is Cc1cccc(B(F)c2cccc(-c3ccccn3)n2)n1.[Cu]. The van der Waals surface area contributed by atoms with Crippen molar-refractivity contribution >= 4 is 18.2 Å². The monoisotopic (exact) mass is 340 g/mol. The van der Waals surface area contributed by atoms with Crippen molar-refractivity contribution in [2.75, 3.05) is 0 Å². The van der Waals surface area contributed by atoms with E-state index in [1.54, 1.807) is 30.5 Å². The summed E-state index contributed by atoms with van der Waals surface area (Å²) in [6, 6.07) is 16.2. The van der Waals surface area contributed by atoms with Gasteiger partial charge in [0.2, 0.25) is 0 Å². The second kappa shape index (κ2) is 7.30. The summed E-state index contributed by atoms with van der Waals surface area (Å²) in [5.41, 5.74) is 2.89. The van der Waals surface area contributed by atoms with Crippen LogP contribution in [0, 0.1) is 6.92 Å². The topological polar surface area (TPSA) is 38.7 Å². The molecule has 3 nitrogen and oxygen atoms in total. The van der Waals surface area contributed by atoms with Crippen LogP contribution in [-0.2, 0) is 17.1 Å². The molecule has 3 aromatic rings. The smallest absolute Gasteiger partial charge is 0.319 e. The van der Waals surface area contributed by atoms with Gasteiger partial charge in [0.05, 0.1) is 22.6 Å². The molecule has 0 amide bonds. The fraction of sp³-hybridized carbons (Fsp3) is 0.0625. The van der Waals surface area contributed by atoms with E-state index in [0.29, 0.717) is 16.9 Å². The Balaban J connectivity index is 0.00000176. The van der Waals surface area contributed by atoms with E-state index in [9.17, 15) is 4.32 Å². The van der Waals surface area contributed by atoms with E-state index in [1.165, 1.54) is 0 Å². The molecule has 1 radical (unpaired) electrons. The van der Waals surface area contributed by atoms with E-state index in [1.807, 2.05) is 37.3 Å². The van der Waals surface area contributed by atoms with Crippen LogP contribution in [0.5, 0.6) is 0 Å². The third-order valence-corrected chi connectivity index (χ3v) is 3.13. The average Bonchev–Trinajstić information content (AvgIpc) is 2.55. The van der Waals surface area contributed by atoms with Crippen LogP contribution in [0.3, 0.4) is 0 Å². The first-order valence-corrected chi connectivity index (χ1v) is 6.70. The summed E-state index contributed by atoms with van der Waals surface area (Å²) in [5.74, 6) is 0. The molecule has 0 unspecified atom stereocenters. The van der Waals surface area contributed by atoms with Crippen LogP contribution in [0.2, 0.25) is 0 Å². The van der Waals surface area contributed by atoms with Crippen LogP contribution >= 0.6 is 0 Å². The number of aromatic nitrogens is 3. The zero-order valence-electron chi connectivity index (χ0n) is 11.9. The second-order valence-electron chi connectivity index (χ2n) is 4.73. The molecule has 3 rings (SSSR count). The summed E-state index contributed by atoms with van der Waals surface area (Å²) < 4.78 is 14.6. The molecule has 0 aliphatic heterocycles. The van der Waals surface area contributed by atoms with E-state index >= 15 is 0 Å². The van der Waals surface area contributed by atoms with Crippen LogP contribution in [0.25, 0.3) is 11.4 Å². The predicted octanol–water partition coefficient (Wildman–Crippen LogP) is 1.92. The average molecular weight is 341 g/mol. The largest absolute Gasteiger partial charge is 0.450 e. The van der Waals surface area contributed by atoms with Crippen LogP contribution in [0.4, 0.5) is 4.32 Å². The number of hydrogen-bond acceptors (Lipinski definition) is 3. The minimum Gasteiger partial charge on any atom is -0.319 e. The van der Waals surface area contributed by atoms with Crippen molar-refractivity contribution in [3.63, 3.8) is 0 Å². The molecule has 6 heteroatoms. The Morgan fingerprint density at radius 3 is 2.18 bits per heavy atom. The molecule has 0 N–H and O–H groups in total. The molecule has 22 heavy (non-hydrogen) atoms. The van der Waals surface area contributed by atoms with E-state index < -0.39 is 6.99 Å². The zero-order chi connectivity index (χ0) is 14.7. The summed E-state index contributed by atoms with van der Waals surface area (Å²) in [7, 11) is 0. The molecular weight excluding hydrogens is 328 g/mol. The maximum absolute atomic E-state index is 14.6. The van der Waals surface area contributed by atoms with Crippen LogP contribution in [0.1, 0.15) is 5.69 Å². The molecule has 113 valence electrons. The van der Waals surface area contributed by atoms with Gasteiger partial charge in [0.1, 0.15) is 0 Å². The number of nitrogens with zero attached hydrogens (tertiary/aromatic N) is 3. The molecule has 3 heterocycles. The Bertz CT molecular complexity index is 755. The normalized spacial score (nSPS) is 9.91. The minimum atomic E-state index is -1.34. The van der Waals surface area contributed by atoms with Crippen molar-refractivity contribution in [1.82, 2.24) is 15.0 Å². The third-order valence-electron chi connectivity index (χ3n) is 3.13. The summed E-state index contributed by atoms with van der Waals surface area (Å²) in [6.45, 7) is 0.502. The summed E-state index contributed by atoms with van der Waals surface area (Å²) in [4.78, 5) is 12.8. The molecule has 0 atom stereocenters. The molecule has 3 aromatic heterocycles. The number of rotatable bonds is 3. The van der Waals surface area contributed by atoms with Gasteiger partial charge in [-0.25, -0.2) is 0 Å². The molecular formula is C16H13BCuFN3. The minimum absolute atomic E-state index is 0. The van der Waals surface area contributed by atoms with Crippen LogP contribution in [-0.4, -0.2) is 21.9 Å². The van der Waals surface area contributed by atoms with E-state index in [0.717, 1.165) is 11.4 Å². The molecule has 0 aliphatic rings. The van der Waals surface area contributed by atoms with Crippen molar-refractivity contribution in [2.45, 2.75) is 6.92 Å². The Hall–Kier alpha value is -2.04. The molecule has 0 saturated heterocycles. The summed E-state index contributed by atoms with van der Waals surface area (Å²) >= 11 is 0. The molecule has 0 aromatic carbocycles. The first-order chi connectivity index (χ1) is 10.2. The molecule has 0 bridgehead atoms. The fourth-order valence-corrected chi connectivity index (χ4v) is 2.11. The van der Waals surface area contributed by atoms with Crippen LogP contribution in [0.15, 0.2) is 60.8 Å². The van der Waals surface area contributed by atoms with Gasteiger partial charge < -0.3 is 4.32 Å². The Morgan fingerprint density at radius 1 is 0.818 bits per heavy atom. The van der Waals surface area contributed by atoms with Crippen molar-refractivity contribution in [1.29, 1.82) is 0 Å². The van der Waals surface area contributed by atoms with Crippen molar-refractivity contribution in [3.8, 4) is 11.4 Å². The Morgan fingerprint density at radius 2 is 1.50 bits per heavy atom. The number of halogens is 1. The van der Waals surface area contributed by atoms with Gasteiger partial charge in [-0.2, -0.15) is 0 Å². The maximum Gasteiger partial charge on any atom is 0.450 e. The molecule has 0 saturated carbocycles. The zero-order valence-corrected chi connectivity index (χ0v) is 12.8. The summed E-state index contributed by atoms with van der Waals surface area (Å²) in [6.07, 6.45) is 1.69. The third kappa shape index (κ3) is 3.59. The number of pyridine rings is 3. The van der Waals surface area contributed by atoms with Crippen molar-refractivity contribution in [2.24, 2.45) is 0 Å². The van der Waals surface area contributed by atoms with E-state index in [-0.39, 0.29) is 17.1 Å². The van der Waals surface area contributed by atoms with Crippen molar-refractivity contribution in [3.05, 3.63) is 66.5 Å². The number of hydrogen-bond donors (Lipinski definition) is 0. The predicted molar refractivity (Wildman–Crippen MR) is 82.6 cm³/mol. The first kappa shape index (κ1) is 16.3. The van der Waals surface area contributed by atoms with Gasteiger partial charge in [0.25, 0.3) is 0 Å². The molecule has 0 spiro atoms. The number of aryl methyl sites for hydroxylation is 1. The van der Waals surface area contributed by atoms with Gasteiger partial charge in [0, 0.05) is 29.0 Å². The van der Waals surface area contributed by atoms with Gasteiger partial charge >= 0.3 is 6.99 Å². The van der Waals surface area contributed by atoms with Gasteiger partial charge in [-0.05, 0) is 43.3 Å². The van der Waals surface area contributed by atoms with Gasteiger partial charge in [-0.1, -0.05) is 18.2 Å². The van der Waals surface area contributed by atoms with E-state index in [4.69, 9.17) is 0 Å². The van der Waals surface area contributed by atoms with Gasteiger partial charge in [-0.15, -0.1) is 0 Å². The molecule has 0 fully saturated rings. The van der Waals surface area contributed by atoms with Crippen molar-refractivity contribution < 1.29 is 21.4 Å². The first-order valence-electron chi connectivity index (χ1n) is 6.70. The molecule has 0 aliphatic carbocycles. The summed E-state index contributed by atoms with van der Waals surface area (Å²) in [5, 5.41) is 0. The fourth-order valence-electron chi connectivity index (χ4n) is 2.11. The quantitative estimate of drug-likeness (QED) is 0.684. The Kier molecular flexibility index (Phi) is 5.42. The van der Waals surface area contributed by atoms with Crippen LogP contribution < -0.4 is 11.2 Å². The second-order valence-corrected chi connectivity index (χ2v) is 4.73.